The van der Waals surface area contributed by atoms with Gasteiger partial charge in [-0.25, -0.2) is 0 Å². The first-order valence-corrected chi connectivity index (χ1v) is 6.95. The van der Waals surface area contributed by atoms with E-state index in [1.165, 1.54) is 6.07 Å². The quantitative estimate of drug-likeness (QED) is 0.783. The maximum atomic E-state index is 13.1. The molecule has 23 heavy (non-hydrogen) atoms. The Morgan fingerprint density at radius 2 is 1.57 bits per heavy atom. The molecule has 1 unspecified atom stereocenters. The van der Waals surface area contributed by atoms with Crippen LogP contribution in [0.5, 0.6) is 0 Å². The molecule has 0 radical (unpaired) electrons. The predicted octanol–water partition coefficient (Wildman–Crippen LogP) is 4.06. The Morgan fingerprint density at radius 3 is 2.17 bits per heavy atom. The highest BCUT2D eigenvalue weighted by molar-refractivity contribution is 6.22. The van der Waals surface area contributed by atoms with E-state index >= 15 is 0 Å². The molecule has 0 saturated carbocycles. The van der Waals surface area contributed by atoms with E-state index in [0.29, 0.717) is 5.56 Å². The number of imide groups is 1. The molecular weight excluding hydrogens is 307 g/mol. The van der Waals surface area contributed by atoms with Crippen molar-refractivity contribution < 1.29 is 22.8 Å². The van der Waals surface area contributed by atoms with Crippen molar-refractivity contribution in [1.29, 1.82) is 0 Å². The summed E-state index contributed by atoms with van der Waals surface area (Å²) in [6.45, 7) is 1.62. The minimum absolute atomic E-state index is 0.201. The molecule has 1 aliphatic rings. The van der Waals surface area contributed by atoms with Crippen LogP contribution in [-0.4, -0.2) is 16.7 Å². The lowest BCUT2D eigenvalue weighted by Crippen LogP contribution is -2.32. The number of amides is 2. The van der Waals surface area contributed by atoms with Gasteiger partial charge in [0.05, 0.1) is 22.7 Å². The van der Waals surface area contributed by atoms with Crippen molar-refractivity contribution in [1.82, 2.24) is 4.90 Å². The molecule has 0 aromatic heterocycles. The standard InChI is InChI=1S/C17H12F3NO2/c1-10(11-6-3-2-4-7-11)21-15(22)12-8-5-9-13(17(18,19)20)14(12)16(21)23/h2-10H,1H3. The largest absolute Gasteiger partial charge is 0.417 e. The van der Waals surface area contributed by atoms with Crippen LogP contribution >= 0.6 is 0 Å². The van der Waals surface area contributed by atoms with Gasteiger partial charge in [0, 0.05) is 0 Å². The molecule has 118 valence electrons. The Labute approximate surface area is 130 Å². The van der Waals surface area contributed by atoms with Gasteiger partial charge >= 0.3 is 6.18 Å². The fourth-order valence-electron chi connectivity index (χ4n) is 2.77. The number of halogens is 3. The first-order chi connectivity index (χ1) is 10.8. The highest BCUT2D eigenvalue weighted by Gasteiger charge is 2.45. The summed E-state index contributed by atoms with van der Waals surface area (Å²) < 4.78 is 39.3. The Balaban J connectivity index is 2.08. The van der Waals surface area contributed by atoms with E-state index in [1.54, 1.807) is 37.3 Å². The summed E-state index contributed by atoms with van der Waals surface area (Å²) in [5.74, 6) is -1.61. The molecule has 1 atom stereocenters. The molecule has 0 bridgehead atoms. The van der Waals surface area contributed by atoms with Crippen molar-refractivity contribution >= 4 is 11.8 Å². The van der Waals surface area contributed by atoms with Gasteiger partial charge in [-0.2, -0.15) is 13.2 Å². The number of carbonyl (C=O) groups is 2. The zero-order valence-corrected chi connectivity index (χ0v) is 12.1. The molecule has 3 nitrogen and oxygen atoms in total. The lowest BCUT2D eigenvalue weighted by Gasteiger charge is -2.23. The molecule has 6 heteroatoms. The normalized spacial score (nSPS) is 15.7. The van der Waals surface area contributed by atoms with Crippen molar-refractivity contribution in [3.05, 3.63) is 70.8 Å². The third-order valence-corrected chi connectivity index (χ3v) is 3.92. The molecule has 0 aliphatic carbocycles. The van der Waals surface area contributed by atoms with Crippen LogP contribution in [0.4, 0.5) is 13.2 Å². The van der Waals surface area contributed by atoms with Crippen LogP contribution in [0.25, 0.3) is 0 Å². The first-order valence-electron chi connectivity index (χ1n) is 6.95. The average Bonchev–Trinajstić information content (AvgIpc) is 2.78. The molecule has 0 spiro atoms. The molecule has 0 N–H and O–H groups in total. The molecule has 1 aliphatic heterocycles. The minimum atomic E-state index is -4.69. The summed E-state index contributed by atoms with van der Waals surface area (Å²) in [5.41, 5.74) is -1.16. The van der Waals surface area contributed by atoms with Gasteiger partial charge in [-0.15, -0.1) is 0 Å². The summed E-state index contributed by atoms with van der Waals surface area (Å²) in [4.78, 5) is 25.8. The van der Waals surface area contributed by atoms with Crippen molar-refractivity contribution in [3.63, 3.8) is 0 Å². The van der Waals surface area contributed by atoms with E-state index in [1.807, 2.05) is 0 Å². The van der Waals surface area contributed by atoms with E-state index < -0.39 is 35.2 Å². The highest BCUT2D eigenvalue weighted by Crippen LogP contribution is 2.39. The van der Waals surface area contributed by atoms with Gasteiger partial charge in [0.25, 0.3) is 11.8 Å². The van der Waals surface area contributed by atoms with Crippen molar-refractivity contribution in [2.45, 2.75) is 19.1 Å². The molecule has 2 aromatic rings. The Morgan fingerprint density at radius 1 is 0.913 bits per heavy atom. The first kappa shape index (κ1) is 15.3. The van der Waals surface area contributed by atoms with Crippen LogP contribution in [0, 0.1) is 0 Å². The van der Waals surface area contributed by atoms with E-state index in [4.69, 9.17) is 0 Å². The minimum Gasteiger partial charge on any atom is -0.269 e. The van der Waals surface area contributed by atoms with Crippen molar-refractivity contribution in [2.24, 2.45) is 0 Å². The Hall–Kier alpha value is -2.63. The van der Waals surface area contributed by atoms with Gasteiger partial charge in [0.2, 0.25) is 0 Å². The van der Waals surface area contributed by atoms with Crippen LogP contribution in [-0.2, 0) is 6.18 Å². The highest BCUT2D eigenvalue weighted by atomic mass is 19.4. The van der Waals surface area contributed by atoms with Gasteiger partial charge in [0.1, 0.15) is 0 Å². The molecule has 0 fully saturated rings. The van der Waals surface area contributed by atoms with Gasteiger partial charge in [-0.1, -0.05) is 36.4 Å². The maximum absolute atomic E-state index is 13.1. The number of alkyl halides is 3. The maximum Gasteiger partial charge on any atom is 0.417 e. The summed E-state index contributed by atoms with van der Waals surface area (Å²) in [7, 11) is 0. The van der Waals surface area contributed by atoms with Gasteiger partial charge < -0.3 is 0 Å². The second-order valence-corrected chi connectivity index (χ2v) is 5.29. The van der Waals surface area contributed by atoms with Crippen molar-refractivity contribution in [2.75, 3.05) is 0 Å². The third-order valence-electron chi connectivity index (χ3n) is 3.92. The van der Waals surface area contributed by atoms with E-state index in [0.717, 1.165) is 17.0 Å². The molecular formula is C17H12F3NO2. The topological polar surface area (TPSA) is 37.4 Å². The lowest BCUT2D eigenvalue weighted by atomic mass is 10.0. The van der Waals surface area contributed by atoms with Gasteiger partial charge in [-0.05, 0) is 24.6 Å². The third kappa shape index (κ3) is 2.40. The van der Waals surface area contributed by atoms with E-state index in [9.17, 15) is 22.8 Å². The average molecular weight is 319 g/mol. The zero-order chi connectivity index (χ0) is 16.8. The number of carbonyl (C=O) groups excluding carboxylic acids is 2. The number of hydrogen-bond donors (Lipinski definition) is 0. The van der Waals surface area contributed by atoms with E-state index in [-0.39, 0.29) is 5.56 Å². The smallest absolute Gasteiger partial charge is 0.269 e. The number of rotatable bonds is 2. The molecule has 2 amide bonds. The second-order valence-electron chi connectivity index (χ2n) is 5.29. The molecule has 1 heterocycles. The molecule has 3 rings (SSSR count). The molecule has 0 saturated heterocycles. The SMILES string of the molecule is CC(c1ccccc1)N1C(=O)c2cccc(C(F)(F)F)c2C1=O. The van der Waals surface area contributed by atoms with Gasteiger partial charge in [0.15, 0.2) is 0 Å². The number of benzene rings is 2. The number of nitrogens with zero attached hydrogens (tertiary/aromatic N) is 1. The Kier molecular flexibility index (Phi) is 3.47. The monoisotopic (exact) mass is 319 g/mol. The van der Waals surface area contributed by atoms with Crippen LogP contribution in [0.1, 0.15) is 44.8 Å². The van der Waals surface area contributed by atoms with Crippen LogP contribution < -0.4 is 0 Å². The van der Waals surface area contributed by atoms with Crippen LogP contribution in [0.2, 0.25) is 0 Å². The Bertz CT molecular complexity index is 784. The molecule has 2 aromatic carbocycles. The second kappa shape index (κ2) is 5.22. The lowest BCUT2D eigenvalue weighted by molar-refractivity contribution is -0.137. The van der Waals surface area contributed by atoms with Gasteiger partial charge in [-0.3, -0.25) is 14.5 Å². The fourth-order valence-corrected chi connectivity index (χ4v) is 2.77. The fraction of sp³-hybridized carbons (Fsp3) is 0.176. The number of hydrogen-bond acceptors (Lipinski definition) is 2. The summed E-state index contributed by atoms with van der Waals surface area (Å²) >= 11 is 0. The van der Waals surface area contributed by atoms with Crippen LogP contribution in [0.15, 0.2) is 48.5 Å². The number of fused-ring (bicyclic) bond motifs is 1. The van der Waals surface area contributed by atoms with Crippen molar-refractivity contribution in [3.8, 4) is 0 Å². The summed E-state index contributed by atoms with van der Waals surface area (Å²) in [5, 5.41) is 0. The summed E-state index contributed by atoms with van der Waals surface area (Å²) in [6.07, 6.45) is -4.69. The van der Waals surface area contributed by atoms with Crippen LogP contribution in [0.3, 0.4) is 0 Å². The zero-order valence-electron chi connectivity index (χ0n) is 12.1. The summed E-state index contributed by atoms with van der Waals surface area (Å²) in [6, 6.07) is 11.3. The van der Waals surface area contributed by atoms with E-state index in [2.05, 4.69) is 0 Å². The predicted molar refractivity (Wildman–Crippen MR) is 76.8 cm³/mol.